The van der Waals surface area contributed by atoms with Crippen LogP contribution in [-0.2, 0) is 16.0 Å². The Hall–Kier alpha value is -4.26. The van der Waals surface area contributed by atoms with Crippen LogP contribution in [0.15, 0.2) is 66.7 Å². The van der Waals surface area contributed by atoms with Crippen molar-refractivity contribution in [1.29, 1.82) is 0 Å². The highest BCUT2D eigenvalue weighted by atomic mass is 16.5. The van der Waals surface area contributed by atoms with Gasteiger partial charge < -0.3 is 15.8 Å². The third-order valence-electron chi connectivity index (χ3n) is 5.56. The molecule has 3 aromatic carbocycles. The van der Waals surface area contributed by atoms with Gasteiger partial charge in [0.2, 0.25) is 0 Å². The Morgan fingerprint density at radius 3 is 2.21 bits per heavy atom. The minimum Gasteiger partial charge on any atom is -0.449 e. The lowest BCUT2D eigenvalue weighted by Gasteiger charge is -2.20. The maximum atomic E-state index is 13.0. The van der Waals surface area contributed by atoms with Crippen molar-refractivity contribution in [3.63, 3.8) is 0 Å². The standard InChI is InChI=1S/C26H22N2O5/c1-15(25(31)28-14-13-16-7-3-2-4-8-16)33-26(32)20-12-11-19-21(22(20)27)24(30)18-10-6-5-9-17(18)23(19)29/h2-12,15H,13-14,27H2,1H3,(H,28,31)/t15-/m1/s1. The van der Waals surface area contributed by atoms with Crippen molar-refractivity contribution in [2.45, 2.75) is 19.4 Å². The zero-order valence-electron chi connectivity index (χ0n) is 18.0. The molecule has 4 rings (SSSR count). The first-order valence-electron chi connectivity index (χ1n) is 10.5. The number of hydrogen-bond acceptors (Lipinski definition) is 6. The van der Waals surface area contributed by atoms with Crippen LogP contribution in [0.3, 0.4) is 0 Å². The molecule has 3 N–H and O–H groups in total. The summed E-state index contributed by atoms with van der Waals surface area (Å²) in [4.78, 5) is 50.8. The van der Waals surface area contributed by atoms with Crippen LogP contribution in [0.25, 0.3) is 0 Å². The number of ketones is 2. The lowest BCUT2D eigenvalue weighted by Crippen LogP contribution is -2.37. The number of anilines is 1. The van der Waals surface area contributed by atoms with Crippen LogP contribution in [0.5, 0.6) is 0 Å². The van der Waals surface area contributed by atoms with Gasteiger partial charge in [-0.05, 0) is 31.0 Å². The number of fused-ring (bicyclic) bond motifs is 2. The van der Waals surface area contributed by atoms with Crippen LogP contribution in [0, 0.1) is 0 Å². The van der Waals surface area contributed by atoms with E-state index in [0.29, 0.717) is 18.5 Å². The fraction of sp³-hybridized carbons (Fsp3) is 0.154. The average Bonchev–Trinajstić information content (AvgIpc) is 2.82. The van der Waals surface area contributed by atoms with Gasteiger partial charge >= 0.3 is 5.97 Å². The normalized spacial score (nSPS) is 13.0. The Labute approximate surface area is 190 Å². The number of ether oxygens (including phenoxy) is 1. The number of nitrogen functional groups attached to an aromatic ring is 1. The number of nitrogens with two attached hydrogens (primary N) is 1. The quantitative estimate of drug-likeness (QED) is 0.350. The summed E-state index contributed by atoms with van der Waals surface area (Å²) < 4.78 is 5.28. The summed E-state index contributed by atoms with van der Waals surface area (Å²) in [5.74, 6) is -2.06. The monoisotopic (exact) mass is 442 g/mol. The number of esters is 1. The predicted molar refractivity (Wildman–Crippen MR) is 122 cm³/mol. The SMILES string of the molecule is C[C@@H](OC(=O)c1ccc2c(c1N)C(=O)c1ccccc1C2=O)C(=O)NCCc1ccccc1. The molecule has 0 radical (unpaired) electrons. The topological polar surface area (TPSA) is 116 Å². The summed E-state index contributed by atoms with van der Waals surface area (Å²) >= 11 is 0. The molecule has 33 heavy (non-hydrogen) atoms. The molecule has 0 aromatic heterocycles. The summed E-state index contributed by atoms with van der Waals surface area (Å²) in [6, 6.07) is 18.9. The van der Waals surface area contributed by atoms with Crippen LogP contribution in [-0.4, -0.2) is 36.1 Å². The fourth-order valence-corrected chi connectivity index (χ4v) is 3.79. The molecule has 166 valence electrons. The van der Waals surface area contributed by atoms with Crippen molar-refractivity contribution in [3.8, 4) is 0 Å². The zero-order chi connectivity index (χ0) is 23.5. The van der Waals surface area contributed by atoms with E-state index in [1.54, 1.807) is 24.3 Å². The van der Waals surface area contributed by atoms with Gasteiger partial charge in [0, 0.05) is 23.2 Å². The summed E-state index contributed by atoms with van der Waals surface area (Å²) in [7, 11) is 0. The highest BCUT2D eigenvalue weighted by Crippen LogP contribution is 2.33. The molecule has 0 heterocycles. The first kappa shape index (κ1) is 22.0. The van der Waals surface area contributed by atoms with Gasteiger partial charge in [-0.25, -0.2) is 4.79 Å². The van der Waals surface area contributed by atoms with E-state index in [4.69, 9.17) is 10.5 Å². The van der Waals surface area contributed by atoms with Crippen LogP contribution in [0.1, 0.15) is 54.7 Å². The Morgan fingerprint density at radius 1 is 0.879 bits per heavy atom. The maximum absolute atomic E-state index is 13.0. The van der Waals surface area contributed by atoms with E-state index in [9.17, 15) is 19.2 Å². The smallest absolute Gasteiger partial charge is 0.341 e. The van der Waals surface area contributed by atoms with Crippen molar-refractivity contribution in [2.75, 3.05) is 12.3 Å². The third-order valence-corrected chi connectivity index (χ3v) is 5.56. The van der Waals surface area contributed by atoms with Crippen molar-refractivity contribution in [3.05, 3.63) is 100 Å². The fourth-order valence-electron chi connectivity index (χ4n) is 3.79. The van der Waals surface area contributed by atoms with Crippen molar-refractivity contribution < 1.29 is 23.9 Å². The summed E-state index contributed by atoms with van der Waals surface area (Å²) in [5.41, 5.74) is 7.65. The van der Waals surface area contributed by atoms with E-state index in [-0.39, 0.29) is 33.7 Å². The largest absolute Gasteiger partial charge is 0.449 e. The number of hydrogen-bond donors (Lipinski definition) is 2. The molecular weight excluding hydrogens is 420 g/mol. The Kier molecular flexibility index (Phi) is 6.04. The van der Waals surface area contributed by atoms with Gasteiger partial charge in [-0.3, -0.25) is 14.4 Å². The van der Waals surface area contributed by atoms with Crippen LogP contribution in [0.2, 0.25) is 0 Å². The molecule has 0 bridgehead atoms. The Bertz CT molecular complexity index is 1270. The minimum atomic E-state index is -1.07. The van der Waals surface area contributed by atoms with Gasteiger partial charge in [-0.2, -0.15) is 0 Å². The molecule has 1 amide bonds. The van der Waals surface area contributed by atoms with Crippen molar-refractivity contribution in [1.82, 2.24) is 5.32 Å². The summed E-state index contributed by atoms with van der Waals surface area (Å²) in [6.07, 6.45) is -0.426. The molecule has 0 aliphatic heterocycles. The van der Waals surface area contributed by atoms with E-state index in [2.05, 4.69) is 5.32 Å². The molecular formula is C26H22N2O5. The second-order valence-corrected chi connectivity index (χ2v) is 7.73. The summed E-state index contributed by atoms with van der Waals surface area (Å²) in [6.45, 7) is 1.84. The molecule has 0 saturated carbocycles. The van der Waals surface area contributed by atoms with Crippen molar-refractivity contribution in [2.24, 2.45) is 0 Å². The van der Waals surface area contributed by atoms with Gasteiger partial charge in [-0.1, -0.05) is 54.6 Å². The minimum absolute atomic E-state index is 0.0203. The van der Waals surface area contributed by atoms with E-state index in [1.807, 2.05) is 30.3 Å². The second-order valence-electron chi connectivity index (χ2n) is 7.73. The van der Waals surface area contributed by atoms with Gasteiger partial charge in [0.05, 0.1) is 16.8 Å². The van der Waals surface area contributed by atoms with Gasteiger partial charge in [0.25, 0.3) is 5.91 Å². The molecule has 0 unspecified atom stereocenters. The molecule has 0 spiro atoms. The highest BCUT2D eigenvalue weighted by molar-refractivity contribution is 6.30. The third kappa shape index (κ3) is 4.25. The first-order chi connectivity index (χ1) is 15.9. The first-order valence-corrected chi connectivity index (χ1v) is 10.5. The predicted octanol–water partition coefficient (Wildman–Crippen LogP) is 2.95. The zero-order valence-corrected chi connectivity index (χ0v) is 18.0. The average molecular weight is 442 g/mol. The Morgan fingerprint density at radius 2 is 1.52 bits per heavy atom. The van der Waals surface area contributed by atoms with Gasteiger partial charge in [0.15, 0.2) is 17.7 Å². The molecule has 7 nitrogen and oxygen atoms in total. The number of amides is 1. The number of rotatable bonds is 6. The van der Waals surface area contributed by atoms with Crippen LogP contribution < -0.4 is 11.1 Å². The second kappa shape index (κ2) is 9.08. The summed E-state index contributed by atoms with van der Waals surface area (Å²) in [5, 5.41) is 2.73. The van der Waals surface area contributed by atoms with Crippen molar-refractivity contribution >= 4 is 29.1 Å². The van der Waals surface area contributed by atoms with E-state index in [1.165, 1.54) is 19.1 Å². The molecule has 3 aromatic rings. The number of nitrogens with one attached hydrogen (secondary N) is 1. The number of carbonyl (C=O) groups excluding carboxylic acids is 4. The molecule has 1 aliphatic rings. The number of benzene rings is 3. The highest BCUT2D eigenvalue weighted by Gasteiger charge is 2.33. The molecule has 1 atom stereocenters. The van der Waals surface area contributed by atoms with Gasteiger partial charge in [0.1, 0.15) is 0 Å². The molecule has 1 aliphatic carbocycles. The van der Waals surface area contributed by atoms with E-state index >= 15 is 0 Å². The van der Waals surface area contributed by atoms with E-state index in [0.717, 1.165) is 5.56 Å². The van der Waals surface area contributed by atoms with Crippen LogP contribution in [0.4, 0.5) is 5.69 Å². The molecule has 7 heteroatoms. The number of carbonyl (C=O) groups is 4. The maximum Gasteiger partial charge on any atom is 0.341 e. The van der Waals surface area contributed by atoms with Gasteiger partial charge in [-0.15, -0.1) is 0 Å². The lowest BCUT2D eigenvalue weighted by atomic mass is 9.82. The molecule has 0 fully saturated rings. The molecule has 0 saturated heterocycles. The van der Waals surface area contributed by atoms with E-state index < -0.39 is 23.8 Å². The Balaban J connectivity index is 1.46. The van der Waals surface area contributed by atoms with Crippen LogP contribution >= 0.6 is 0 Å². The lowest BCUT2D eigenvalue weighted by molar-refractivity contribution is -0.129.